The molecule has 0 atom stereocenters. The van der Waals surface area contributed by atoms with Crippen LogP contribution in [0, 0.1) is 0 Å². The minimum atomic E-state index is -0.323. The molecule has 2 aromatic carbocycles. The van der Waals surface area contributed by atoms with Gasteiger partial charge < -0.3 is 5.32 Å². The molecule has 4 aromatic rings. The predicted molar refractivity (Wildman–Crippen MR) is 136 cm³/mol. The van der Waals surface area contributed by atoms with Gasteiger partial charge in [0.15, 0.2) is 11.0 Å². The van der Waals surface area contributed by atoms with Crippen LogP contribution in [0.5, 0.6) is 0 Å². The van der Waals surface area contributed by atoms with E-state index in [-0.39, 0.29) is 11.4 Å². The van der Waals surface area contributed by atoms with E-state index in [2.05, 4.69) is 20.5 Å². The van der Waals surface area contributed by atoms with Crippen molar-refractivity contribution < 1.29 is 4.79 Å². The zero-order valence-electron chi connectivity index (χ0n) is 18.2. The summed E-state index contributed by atoms with van der Waals surface area (Å²) in [5.74, 6) is 0.939. The van der Waals surface area contributed by atoms with Crippen molar-refractivity contribution in [1.82, 2.24) is 25.1 Å². The van der Waals surface area contributed by atoms with Crippen molar-refractivity contribution in [2.45, 2.75) is 37.2 Å². The van der Waals surface area contributed by atoms with Crippen LogP contribution in [0.2, 0.25) is 10.0 Å². The first-order valence-corrected chi connectivity index (χ1v) is 12.7. The summed E-state index contributed by atoms with van der Waals surface area (Å²) in [5, 5.41) is 16.1. The maximum absolute atomic E-state index is 12.4. The molecule has 0 aliphatic heterocycles. The zero-order valence-corrected chi connectivity index (χ0v) is 21.3. The Balaban J connectivity index is 1.64. The number of halogens is 2. The lowest BCUT2D eigenvalue weighted by Gasteiger charge is -2.19. The van der Waals surface area contributed by atoms with Crippen LogP contribution in [-0.4, -0.2) is 31.2 Å². The number of carbonyl (C=O) groups excluding carboxylic acids is 1. The van der Waals surface area contributed by atoms with E-state index >= 15 is 0 Å². The van der Waals surface area contributed by atoms with E-state index in [0.717, 1.165) is 16.3 Å². The molecule has 0 saturated carbocycles. The van der Waals surface area contributed by atoms with Crippen molar-refractivity contribution in [3.63, 3.8) is 0 Å². The van der Waals surface area contributed by atoms with E-state index in [1.165, 1.54) is 23.1 Å². The normalized spacial score (nSPS) is 11.5. The van der Waals surface area contributed by atoms with Gasteiger partial charge in [0, 0.05) is 16.5 Å². The van der Waals surface area contributed by atoms with Gasteiger partial charge in [-0.05, 0) is 45.0 Å². The molecule has 170 valence electrons. The lowest BCUT2D eigenvalue weighted by molar-refractivity contribution is 0.0915. The minimum Gasteiger partial charge on any atom is -0.346 e. The highest BCUT2D eigenvalue weighted by Gasteiger charge is 2.21. The Morgan fingerprint density at radius 3 is 2.45 bits per heavy atom. The fourth-order valence-corrected chi connectivity index (χ4v) is 5.22. The number of hydrogen-bond acceptors (Lipinski definition) is 6. The molecule has 1 N–H and O–H groups in total. The third kappa shape index (κ3) is 5.58. The summed E-state index contributed by atoms with van der Waals surface area (Å²) < 4.78 is 1.90. The summed E-state index contributed by atoms with van der Waals surface area (Å²) >= 11 is 15.9. The fourth-order valence-electron chi connectivity index (χ4n) is 3.04. The highest BCUT2D eigenvalue weighted by Crippen LogP contribution is 2.35. The van der Waals surface area contributed by atoms with Gasteiger partial charge in [-0.1, -0.05) is 59.2 Å². The molecule has 33 heavy (non-hydrogen) atoms. The SMILES string of the molecule is CC(C)(C)NC(=O)c1csc(CSc2nnc(-c3ccccc3Cl)n2-c2ccccc2Cl)n1. The molecule has 0 saturated heterocycles. The second-order valence-corrected chi connectivity index (χ2v) is 10.9. The van der Waals surface area contributed by atoms with Crippen LogP contribution in [0.1, 0.15) is 36.3 Å². The molecule has 6 nitrogen and oxygen atoms in total. The monoisotopic (exact) mass is 517 g/mol. The first kappa shape index (κ1) is 23.8. The number of nitrogens with one attached hydrogen (secondary N) is 1. The number of nitrogens with zero attached hydrogens (tertiary/aromatic N) is 4. The van der Waals surface area contributed by atoms with Crippen molar-refractivity contribution in [3.8, 4) is 17.1 Å². The van der Waals surface area contributed by atoms with Crippen molar-refractivity contribution in [3.05, 3.63) is 74.7 Å². The number of amides is 1. The zero-order chi connectivity index (χ0) is 23.6. The van der Waals surface area contributed by atoms with Gasteiger partial charge >= 0.3 is 0 Å². The quantitative estimate of drug-likeness (QED) is 0.294. The second kappa shape index (κ2) is 9.85. The number of para-hydroxylation sites is 1. The summed E-state index contributed by atoms with van der Waals surface area (Å²) in [4.78, 5) is 16.9. The molecule has 0 radical (unpaired) electrons. The van der Waals surface area contributed by atoms with E-state index in [9.17, 15) is 4.79 Å². The van der Waals surface area contributed by atoms with Crippen LogP contribution in [-0.2, 0) is 5.75 Å². The molecule has 0 unspecified atom stereocenters. The van der Waals surface area contributed by atoms with E-state index in [1.54, 1.807) is 5.38 Å². The number of aromatic nitrogens is 4. The Bertz CT molecular complexity index is 1300. The number of rotatable bonds is 6. The Morgan fingerprint density at radius 2 is 1.76 bits per heavy atom. The van der Waals surface area contributed by atoms with Crippen LogP contribution < -0.4 is 5.32 Å². The maximum atomic E-state index is 12.4. The first-order valence-electron chi connectivity index (χ1n) is 10.1. The van der Waals surface area contributed by atoms with Crippen LogP contribution >= 0.6 is 46.3 Å². The number of carbonyl (C=O) groups is 1. The van der Waals surface area contributed by atoms with E-state index in [1.807, 2.05) is 73.9 Å². The van der Waals surface area contributed by atoms with Gasteiger partial charge in [0.25, 0.3) is 5.91 Å². The van der Waals surface area contributed by atoms with Gasteiger partial charge in [-0.2, -0.15) is 0 Å². The standard InChI is InChI=1S/C23H21Cl2N5OS2/c1-23(2,3)27-21(31)17-12-32-19(26-17)13-33-22-29-28-20(14-8-4-5-9-15(14)24)30(22)18-11-7-6-10-16(18)25/h4-12H,13H2,1-3H3,(H,27,31). The van der Waals surface area contributed by atoms with Gasteiger partial charge in [-0.25, -0.2) is 4.98 Å². The fraction of sp³-hybridized carbons (Fsp3) is 0.217. The molecular formula is C23H21Cl2N5OS2. The maximum Gasteiger partial charge on any atom is 0.271 e. The molecule has 10 heteroatoms. The van der Waals surface area contributed by atoms with Gasteiger partial charge in [0.1, 0.15) is 10.7 Å². The van der Waals surface area contributed by atoms with Crippen LogP contribution in [0.3, 0.4) is 0 Å². The largest absolute Gasteiger partial charge is 0.346 e. The Kier molecular flexibility index (Phi) is 7.09. The first-order chi connectivity index (χ1) is 15.7. The molecule has 0 spiro atoms. The average Bonchev–Trinajstić information content (AvgIpc) is 3.39. The molecule has 0 fully saturated rings. The second-order valence-electron chi connectivity index (χ2n) is 8.19. The minimum absolute atomic E-state index is 0.185. The number of thioether (sulfide) groups is 1. The van der Waals surface area contributed by atoms with Crippen LogP contribution in [0.25, 0.3) is 17.1 Å². The Morgan fingerprint density at radius 1 is 1.06 bits per heavy atom. The Hall–Kier alpha value is -2.39. The number of hydrogen-bond donors (Lipinski definition) is 1. The highest BCUT2D eigenvalue weighted by atomic mass is 35.5. The van der Waals surface area contributed by atoms with Crippen LogP contribution in [0.15, 0.2) is 59.1 Å². The molecule has 1 amide bonds. The molecule has 2 heterocycles. The van der Waals surface area contributed by atoms with Gasteiger partial charge in [0.05, 0.1) is 21.5 Å². The topological polar surface area (TPSA) is 72.7 Å². The Labute approximate surface area is 210 Å². The molecular weight excluding hydrogens is 497 g/mol. The van der Waals surface area contributed by atoms with Gasteiger partial charge in [-0.15, -0.1) is 21.5 Å². The molecule has 0 bridgehead atoms. The number of benzene rings is 2. The molecule has 0 aliphatic rings. The summed E-state index contributed by atoms with van der Waals surface area (Å²) in [6.07, 6.45) is 0. The van der Waals surface area contributed by atoms with E-state index in [4.69, 9.17) is 23.2 Å². The highest BCUT2D eigenvalue weighted by molar-refractivity contribution is 7.98. The van der Waals surface area contributed by atoms with E-state index in [0.29, 0.717) is 32.5 Å². The summed E-state index contributed by atoms with van der Waals surface area (Å²) in [7, 11) is 0. The van der Waals surface area contributed by atoms with Crippen molar-refractivity contribution >= 4 is 52.2 Å². The van der Waals surface area contributed by atoms with E-state index < -0.39 is 0 Å². The van der Waals surface area contributed by atoms with Crippen LogP contribution in [0.4, 0.5) is 0 Å². The van der Waals surface area contributed by atoms with Crippen molar-refractivity contribution in [2.75, 3.05) is 0 Å². The molecule has 0 aliphatic carbocycles. The molecule has 4 rings (SSSR count). The van der Waals surface area contributed by atoms with Crippen molar-refractivity contribution in [1.29, 1.82) is 0 Å². The van der Waals surface area contributed by atoms with Gasteiger partial charge in [0.2, 0.25) is 0 Å². The van der Waals surface area contributed by atoms with Gasteiger partial charge in [-0.3, -0.25) is 9.36 Å². The summed E-state index contributed by atoms with van der Waals surface area (Å²) in [6.45, 7) is 5.81. The summed E-state index contributed by atoms with van der Waals surface area (Å²) in [6, 6.07) is 15.0. The smallest absolute Gasteiger partial charge is 0.271 e. The summed E-state index contributed by atoms with van der Waals surface area (Å²) in [5.41, 5.74) is 1.60. The third-order valence-electron chi connectivity index (χ3n) is 4.44. The lowest BCUT2D eigenvalue weighted by Crippen LogP contribution is -2.40. The number of thiazole rings is 1. The average molecular weight is 518 g/mol. The van der Waals surface area contributed by atoms with Crippen molar-refractivity contribution in [2.24, 2.45) is 0 Å². The molecule has 2 aromatic heterocycles. The third-order valence-corrected chi connectivity index (χ3v) is 7.06. The lowest BCUT2D eigenvalue weighted by atomic mass is 10.1. The predicted octanol–water partition coefficient (Wildman–Crippen LogP) is 6.52.